The number of hydrogen-bond donors (Lipinski definition) is 1. The largest absolute Gasteiger partial charge is 0.481 e. The number of likely N-dealkylation sites (tertiary alicyclic amines) is 1. The number of carboxylic acid groups (broad SMARTS) is 1. The summed E-state index contributed by atoms with van der Waals surface area (Å²) >= 11 is 0. The maximum absolute atomic E-state index is 12.8. The molecule has 0 aliphatic carbocycles. The summed E-state index contributed by atoms with van der Waals surface area (Å²) in [6.07, 6.45) is 1.07. The third-order valence-corrected chi connectivity index (χ3v) is 3.93. The zero-order valence-corrected chi connectivity index (χ0v) is 12.1. The monoisotopic (exact) mass is 307 g/mol. The van der Waals surface area contributed by atoms with Crippen molar-refractivity contribution in [3.05, 3.63) is 35.6 Å². The Bertz CT molecular complexity index is 562. The van der Waals surface area contributed by atoms with Crippen molar-refractivity contribution < 1.29 is 23.9 Å². The van der Waals surface area contributed by atoms with Gasteiger partial charge in [-0.15, -0.1) is 0 Å². The summed E-state index contributed by atoms with van der Waals surface area (Å²) in [6, 6.07) is 5.23. The zero-order valence-electron chi connectivity index (χ0n) is 12.1. The normalized spacial score (nSPS) is 15.6. The third-order valence-electron chi connectivity index (χ3n) is 3.93. The van der Waals surface area contributed by atoms with E-state index in [-0.39, 0.29) is 30.4 Å². The molecule has 118 valence electrons. The number of nitrogens with zero attached hydrogens (tertiary/aromatic N) is 1. The molecule has 0 unspecified atom stereocenters. The molecular formula is C16H18FNO4. The molecule has 1 saturated heterocycles. The first-order valence-electron chi connectivity index (χ1n) is 7.26. The van der Waals surface area contributed by atoms with Gasteiger partial charge in [-0.3, -0.25) is 14.4 Å². The van der Waals surface area contributed by atoms with Gasteiger partial charge in [0.2, 0.25) is 5.91 Å². The Morgan fingerprint density at radius 2 is 1.68 bits per heavy atom. The van der Waals surface area contributed by atoms with Gasteiger partial charge >= 0.3 is 5.97 Å². The quantitative estimate of drug-likeness (QED) is 0.845. The molecule has 1 fully saturated rings. The van der Waals surface area contributed by atoms with Crippen LogP contribution in [-0.4, -0.2) is 40.8 Å². The number of aliphatic carboxylic acids is 1. The van der Waals surface area contributed by atoms with Crippen LogP contribution < -0.4 is 0 Å². The maximum atomic E-state index is 12.8. The molecule has 0 radical (unpaired) electrons. The Hall–Kier alpha value is -2.24. The van der Waals surface area contributed by atoms with Gasteiger partial charge in [0.15, 0.2) is 5.78 Å². The van der Waals surface area contributed by atoms with Gasteiger partial charge in [-0.1, -0.05) is 0 Å². The third kappa shape index (κ3) is 4.13. The number of amides is 1. The standard InChI is InChI=1S/C16H18FNO4/c17-13-3-1-11(2-4-13)14(19)5-6-15(20)18-9-7-12(8-10-18)16(21)22/h1-4,12H,5-10H2,(H,21,22). The van der Waals surface area contributed by atoms with Crippen LogP contribution in [0.15, 0.2) is 24.3 Å². The van der Waals surface area contributed by atoms with Gasteiger partial charge in [0.25, 0.3) is 0 Å². The highest BCUT2D eigenvalue weighted by Crippen LogP contribution is 2.18. The second-order valence-electron chi connectivity index (χ2n) is 5.42. The lowest BCUT2D eigenvalue weighted by molar-refractivity contribution is -0.145. The molecule has 0 bridgehead atoms. The van der Waals surface area contributed by atoms with E-state index >= 15 is 0 Å². The molecule has 1 amide bonds. The molecule has 2 rings (SSSR count). The molecule has 0 spiro atoms. The summed E-state index contributed by atoms with van der Waals surface area (Å²) < 4.78 is 12.8. The lowest BCUT2D eigenvalue weighted by Crippen LogP contribution is -2.40. The molecule has 6 heteroatoms. The molecule has 1 aliphatic heterocycles. The van der Waals surface area contributed by atoms with Crippen molar-refractivity contribution in [1.29, 1.82) is 0 Å². The van der Waals surface area contributed by atoms with E-state index in [9.17, 15) is 18.8 Å². The van der Waals surface area contributed by atoms with Crippen molar-refractivity contribution in [3.8, 4) is 0 Å². The molecule has 0 atom stereocenters. The van der Waals surface area contributed by atoms with E-state index in [0.717, 1.165) is 0 Å². The van der Waals surface area contributed by atoms with Crippen LogP contribution in [0.5, 0.6) is 0 Å². The molecule has 1 aliphatic rings. The number of carbonyl (C=O) groups is 3. The van der Waals surface area contributed by atoms with Crippen LogP contribution in [0.2, 0.25) is 0 Å². The minimum Gasteiger partial charge on any atom is -0.481 e. The van der Waals surface area contributed by atoms with Crippen molar-refractivity contribution in [2.75, 3.05) is 13.1 Å². The van der Waals surface area contributed by atoms with Crippen LogP contribution in [0.25, 0.3) is 0 Å². The number of benzene rings is 1. The van der Waals surface area contributed by atoms with E-state index in [0.29, 0.717) is 31.5 Å². The zero-order chi connectivity index (χ0) is 16.1. The number of rotatable bonds is 5. The summed E-state index contributed by atoms with van der Waals surface area (Å²) in [5.74, 6) is -1.95. The Morgan fingerprint density at radius 3 is 2.23 bits per heavy atom. The fourth-order valence-electron chi connectivity index (χ4n) is 2.53. The molecule has 1 aromatic rings. The molecule has 0 saturated carbocycles. The second-order valence-corrected chi connectivity index (χ2v) is 5.42. The molecule has 0 aromatic heterocycles. The predicted molar refractivity (Wildman–Crippen MR) is 76.9 cm³/mol. The number of carboxylic acids is 1. The highest BCUT2D eigenvalue weighted by Gasteiger charge is 2.26. The number of Topliss-reactive ketones (excluding diaryl/α,β-unsaturated/α-hetero) is 1. The Labute approximate surface area is 127 Å². The lowest BCUT2D eigenvalue weighted by Gasteiger charge is -2.30. The van der Waals surface area contributed by atoms with Crippen molar-refractivity contribution >= 4 is 17.7 Å². The average Bonchev–Trinajstić information content (AvgIpc) is 2.53. The van der Waals surface area contributed by atoms with Gasteiger partial charge in [-0.05, 0) is 37.1 Å². The fourth-order valence-corrected chi connectivity index (χ4v) is 2.53. The molecule has 1 N–H and O–H groups in total. The highest BCUT2D eigenvalue weighted by molar-refractivity contribution is 5.97. The minimum atomic E-state index is -0.821. The average molecular weight is 307 g/mol. The van der Waals surface area contributed by atoms with Gasteiger partial charge in [0.05, 0.1) is 5.92 Å². The molecule has 1 heterocycles. The maximum Gasteiger partial charge on any atom is 0.306 e. The highest BCUT2D eigenvalue weighted by atomic mass is 19.1. The summed E-state index contributed by atoms with van der Waals surface area (Å²) in [5.41, 5.74) is 0.388. The Kier molecular flexibility index (Phi) is 5.25. The smallest absolute Gasteiger partial charge is 0.306 e. The minimum absolute atomic E-state index is 0.0727. The van der Waals surface area contributed by atoms with Crippen LogP contribution in [0, 0.1) is 11.7 Å². The van der Waals surface area contributed by atoms with Crippen LogP contribution in [-0.2, 0) is 9.59 Å². The van der Waals surface area contributed by atoms with Gasteiger partial charge in [0, 0.05) is 31.5 Å². The first-order chi connectivity index (χ1) is 10.5. The van der Waals surface area contributed by atoms with Gasteiger partial charge in [0.1, 0.15) is 5.82 Å². The van der Waals surface area contributed by atoms with Crippen molar-refractivity contribution in [3.63, 3.8) is 0 Å². The van der Waals surface area contributed by atoms with E-state index in [4.69, 9.17) is 5.11 Å². The summed E-state index contributed by atoms with van der Waals surface area (Å²) in [4.78, 5) is 36.4. The van der Waals surface area contributed by atoms with Crippen LogP contribution in [0.4, 0.5) is 4.39 Å². The van der Waals surface area contributed by atoms with Crippen molar-refractivity contribution in [2.45, 2.75) is 25.7 Å². The van der Waals surface area contributed by atoms with Crippen LogP contribution in [0.3, 0.4) is 0 Å². The SMILES string of the molecule is O=C(CCC(=O)N1CCC(C(=O)O)CC1)c1ccc(F)cc1. The second kappa shape index (κ2) is 7.15. The number of hydrogen-bond acceptors (Lipinski definition) is 3. The van der Waals surface area contributed by atoms with Crippen molar-refractivity contribution in [2.24, 2.45) is 5.92 Å². The van der Waals surface area contributed by atoms with E-state index in [1.807, 2.05) is 0 Å². The summed E-state index contributed by atoms with van der Waals surface area (Å²) in [5, 5.41) is 8.91. The van der Waals surface area contributed by atoms with E-state index in [1.165, 1.54) is 24.3 Å². The lowest BCUT2D eigenvalue weighted by atomic mass is 9.96. The van der Waals surface area contributed by atoms with E-state index < -0.39 is 11.8 Å². The summed E-state index contributed by atoms with van der Waals surface area (Å²) in [7, 11) is 0. The van der Waals surface area contributed by atoms with Crippen LogP contribution >= 0.6 is 0 Å². The number of piperidine rings is 1. The molecule has 1 aromatic carbocycles. The molecular weight excluding hydrogens is 289 g/mol. The predicted octanol–water partition coefficient (Wildman–Crippen LogP) is 2.11. The summed E-state index contributed by atoms with van der Waals surface area (Å²) in [6.45, 7) is 0.834. The van der Waals surface area contributed by atoms with Gasteiger partial charge in [-0.25, -0.2) is 4.39 Å². The topological polar surface area (TPSA) is 74.7 Å². The fraction of sp³-hybridized carbons (Fsp3) is 0.438. The Morgan fingerprint density at radius 1 is 1.09 bits per heavy atom. The number of halogens is 1. The first-order valence-corrected chi connectivity index (χ1v) is 7.26. The molecule has 22 heavy (non-hydrogen) atoms. The van der Waals surface area contributed by atoms with Crippen LogP contribution in [0.1, 0.15) is 36.0 Å². The van der Waals surface area contributed by atoms with Gasteiger partial charge < -0.3 is 10.0 Å². The Balaban J connectivity index is 1.79. The van der Waals surface area contributed by atoms with E-state index in [2.05, 4.69) is 0 Å². The van der Waals surface area contributed by atoms with Gasteiger partial charge in [-0.2, -0.15) is 0 Å². The van der Waals surface area contributed by atoms with E-state index in [1.54, 1.807) is 4.90 Å². The van der Waals surface area contributed by atoms with Crippen molar-refractivity contribution in [1.82, 2.24) is 4.90 Å². The molecule has 5 nitrogen and oxygen atoms in total. The number of carbonyl (C=O) groups excluding carboxylic acids is 2. The number of ketones is 1. The first kappa shape index (κ1) is 16.1.